The third kappa shape index (κ3) is 5.38. The van der Waals surface area contributed by atoms with Gasteiger partial charge in [0.2, 0.25) is 0 Å². The maximum absolute atomic E-state index is 14.4. The highest BCUT2D eigenvalue weighted by Crippen LogP contribution is 2.32. The van der Waals surface area contributed by atoms with Crippen LogP contribution >= 0.6 is 0 Å². The van der Waals surface area contributed by atoms with Gasteiger partial charge in [-0.05, 0) is 72.4 Å². The van der Waals surface area contributed by atoms with Gasteiger partial charge in [-0.1, -0.05) is 37.6 Å². The largest absolute Gasteiger partial charge is 0.429 e. The first-order valence-electron chi connectivity index (χ1n) is 9.67. The van der Waals surface area contributed by atoms with Crippen molar-refractivity contribution in [2.75, 3.05) is 0 Å². The molecule has 0 unspecified atom stereocenters. The molecular formula is C24H21F5O. The van der Waals surface area contributed by atoms with E-state index < -0.39 is 23.6 Å². The topological polar surface area (TPSA) is 9.23 Å². The summed E-state index contributed by atoms with van der Waals surface area (Å²) in [5.41, 5.74) is 1.83. The van der Waals surface area contributed by atoms with Gasteiger partial charge in [0.05, 0.1) is 5.56 Å². The van der Waals surface area contributed by atoms with E-state index in [1.165, 1.54) is 24.3 Å². The smallest absolute Gasteiger partial charge is 0.426 e. The molecule has 6 heteroatoms. The first-order chi connectivity index (χ1) is 14.3. The summed E-state index contributed by atoms with van der Waals surface area (Å²) in [5.74, 6) is -3.97. The first kappa shape index (κ1) is 21.8. The molecular weight excluding hydrogens is 399 g/mol. The molecule has 0 aliphatic rings. The molecule has 158 valence electrons. The van der Waals surface area contributed by atoms with Crippen molar-refractivity contribution in [1.29, 1.82) is 0 Å². The van der Waals surface area contributed by atoms with Crippen LogP contribution in [-0.4, -0.2) is 0 Å². The molecule has 0 atom stereocenters. The Morgan fingerprint density at radius 2 is 1.20 bits per heavy atom. The summed E-state index contributed by atoms with van der Waals surface area (Å²) in [6.07, 6.45) is -1.04. The zero-order valence-electron chi connectivity index (χ0n) is 16.4. The van der Waals surface area contributed by atoms with Gasteiger partial charge in [-0.25, -0.2) is 13.2 Å². The van der Waals surface area contributed by atoms with E-state index in [2.05, 4.69) is 0 Å². The van der Waals surface area contributed by atoms with Crippen molar-refractivity contribution >= 4 is 0 Å². The lowest BCUT2D eigenvalue weighted by Crippen LogP contribution is -2.21. The molecule has 1 nitrogen and oxygen atoms in total. The quantitative estimate of drug-likeness (QED) is 0.282. The minimum atomic E-state index is -3.48. The predicted molar refractivity (Wildman–Crippen MR) is 105 cm³/mol. The monoisotopic (exact) mass is 420 g/mol. The Balaban J connectivity index is 1.62. The van der Waals surface area contributed by atoms with Crippen molar-refractivity contribution in [3.8, 4) is 5.75 Å². The second kappa shape index (κ2) is 9.28. The SMILES string of the molecule is CCCc1ccc(C(F)(F)Oc2ccc(CCc3cc(F)c(F)c(F)c3)cc2)cc1. The van der Waals surface area contributed by atoms with E-state index in [1.807, 2.05) is 6.92 Å². The molecule has 0 radical (unpaired) electrons. The second-order valence-electron chi connectivity index (χ2n) is 7.08. The van der Waals surface area contributed by atoms with Gasteiger partial charge in [-0.15, -0.1) is 0 Å². The maximum atomic E-state index is 14.4. The first-order valence-corrected chi connectivity index (χ1v) is 9.67. The lowest BCUT2D eigenvalue weighted by molar-refractivity contribution is -0.185. The van der Waals surface area contributed by atoms with Crippen LogP contribution < -0.4 is 4.74 Å². The Kier molecular flexibility index (Phi) is 6.75. The standard InChI is InChI=1S/C24H21F5O/c1-2-3-16-6-10-19(11-7-16)24(28,29)30-20-12-8-17(9-13-20)4-5-18-14-21(25)23(27)22(26)15-18/h6-15H,2-5H2,1H3. The fraction of sp³-hybridized carbons (Fsp3) is 0.250. The summed E-state index contributed by atoms with van der Waals surface area (Å²) < 4.78 is 73.3. The van der Waals surface area contributed by atoms with Crippen LogP contribution in [0.3, 0.4) is 0 Å². The Labute approximate surface area is 172 Å². The molecule has 0 saturated carbocycles. The summed E-state index contributed by atoms with van der Waals surface area (Å²) in [6, 6.07) is 14.0. The fourth-order valence-corrected chi connectivity index (χ4v) is 3.13. The molecule has 3 aromatic rings. The summed E-state index contributed by atoms with van der Waals surface area (Å²) >= 11 is 0. The van der Waals surface area contributed by atoms with Crippen LogP contribution in [0.15, 0.2) is 60.7 Å². The van der Waals surface area contributed by atoms with Crippen LogP contribution in [0.5, 0.6) is 5.75 Å². The zero-order valence-corrected chi connectivity index (χ0v) is 16.4. The molecule has 3 rings (SSSR count). The molecule has 0 saturated heterocycles. The van der Waals surface area contributed by atoms with Gasteiger partial charge in [0.25, 0.3) is 0 Å². The normalized spacial score (nSPS) is 11.5. The van der Waals surface area contributed by atoms with E-state index in [0.717, 1.165) is 36.1 Å². The number of ether oxygens (including phenoxy) is 1. The molecule has 0 aromatic heterocycles. The highest BCUT2D eigenvalue weighted by atomic mass is 19.3. The summed E-state index contributed by atoms with van der Waals surface area (Å²) in [5, 5.41) is 0. The lowest BCUT2D eigenvalue weighted by atomic mass is 10.0. The Hall–Kier alpha value is -2.89. The number of alkyl halides is 2. The summed E-state index contributed by atoms with van der Waals surface area (Å²) in [6.45, 7) is 2.02. The number of halogens is 5. The molecule has 0 aliphatic carbocycles. The third-order valence-electron chi connectivity index (χ3n) is 4.74. The maximum Gasteiger partial charge on any atom is 0.426 e. The number of rotatable bonds is 8. The van der Waals surface area contributed by atoms with Gasteiger partial charge >= 0.3 is 6.11 Å². The molecule has 3 aromatic carbocycles. The molecule has 0 bridgehead atoms. The average molecular weight is 420 g/mol. The van der Waals surface area contributed by atoms with Crippen LogP contribution in [0.25, 0.3) is 0 Å². The molecule has 0 fully saturated rings. The molecule has 0 heterocycles. The fourth-order valence-electron chi connectivity index (χ4n) is 3.13. The average Bonchev–Trinajstić information content (AvgIpc) is 2.72. The molecule has 0 amide bonds. The van der Waals surface area contributed by atoms with E-state index in [-0.39, 0.29) is 17.7 Å². The van der Waals surface area contributed by atoms with Crippen molar-refractivity contribution in [3.05, 3.63) is 100 Å². The third-order valence-corrected chi connectivity index (χ3v) is 4.74. The van der Waals surface area contributed by atoms with Gasteiger partial charge in [0.15, 0.2) is 17.5 Å². The van der Waals surface area contributed by atoms with Crippen LogP contribution in [0, 0.1) is 17.5 Å². The van der Waals surface area contributed by atoms with Crippen molar-refractivity contribution in [2.45, 2.75) is 38.7 Å². The van der Waals surface area contributed by atoms with Gasteiger partial charge in [0.1, 0.15) is 5.75 Å². The van der Waals surface area contributed by atoms with E-state index in [0.29, 0.717) is 12.0 Å². The van der Waals surface area contributed by atoms with Gasteiger partial charge in [0, 0.05) is 0 Å². The summed E-state index contributed by atoms with van der Waals surface area (Å²) in [7, 11) is 0. The Bertz CT molecular complexity index is 958. The van der Waals surface area contributed by atoms with E-state index in [1.54, 1.807) is 24.3 Å². The van der Waals surface area contributed by atoms with Gasteiger partial charge in [-0.3, -0.25) is 0 Å². The molecule has 0 spiro atoms. The van der Waals surface area contributed by atoms with Crippen molar-refractivity contribution in [1.82, 2.24) is 0 Å². The van der Waals surface area contributed by atoms with Crippen molar-refractivity contribution in [3.63, 3.8) is 0 Å². The Morgan fingerprint density at radius 3 is 1.77 bits per heavy atom. The second-order valence-corrected chi connectivity index (χ2v) is 7.08. The van der Waals surface area contributed by atoms with Gasteiger partial charge in [-0.2, -0.15) is 8.78 Å². The van der Waals surface area contributed by atoms with Crippen LogP contribution in [-0.2, 0) is 25.4 Å². The number of aryl methyl sites for hydroxylation is 3. The van der Waals surface area contributed by atoms with E-state index >= 15 is 0 Å². The van der Waals surface area contributed by atoms with Gasteiger partial charge < -0.3 is 4.74 Å². The highest BCUT2D eigenvalue weighted by molar-refractivity contribution is 5.31. The van der Waals surface area contributed by atoms with Crippen molar-refractivity contribution < 1.29 is 26.7 Å². The van der Waals surface area contributed by atoms with Crippen LogP contribution in [0.2, 0.25) is 0 Å². The number of hydrogen-bond donors (Lipinski definition) is 0. The molecule has 0 N–H and O–H groups in total. The molecule has 30 heavy (non-hydrogen) atoms. The van der Waals surface area contributed by atoms with Crippen LogP contribution in [0.1, 0.15) is 35.6 Å². The minimum absolute atomic E-state index is 0.000237. The van der Waals surface area contributed by atoms with E-state index in [4.69, 9.17) is 4.74 Å². The van der Waals surface area contributed by atoms with Crippen LogP contribution in [0.4, 0.5) is 22.0 Å². The van der Waals surface area contributed by atoms with E-state index in [9.17, 15) is 22.0 Å². The highest BCUT2D eigenvalue weighted by Gasteiger charge is 2.34. The lowest BCUT2D eigenvalue weighted by Gasteiger charge is -2.19. The summed E-state index contributed by atoms with van der Waals surface area (Å²) in [4.78, 5) is 0. The predicted octanol–water partition coefficient (Wildman–Crippen LogP) is 6.97. The van der Waals surface area contributed by atoms with Crippen molar-refractivity contribution in [2.24, 2.45) is 0 Å². The zero-order chi connectivity index (χ0) is 21.7. The number of hydrogen-bond acceptors (Lipinski definition) is 1. The minimum Gasteiger partial charge on any atom is -0.429 e. The Morgan fingerprint density at radius 1 is 0.700 bits per heavy atom. The number of benzene rings is 3. The molecule has 0 aliphatic heterocycles.